The Balaban J connectivity index is 1.87. The minimum atomic E-state index is -0.0562. The van der Waals surface area contributed by atoms with Crippen LogP contribution in [-0.4, -0.2) is 32.2 Å². The highest BCUT2D eigenvalue weighted by Gasteiger charge is 2.20. The Kier molecular flexibility index (Phi) is 7.37. The molecule has 1 atom stereocenters. The summed E-state index contributed by atoms with van der Waals surface area (Å²) in [6.07, 6.45) is 4.19. The molecule has 2 rings (SSSR count). The van der Waals surface area contributed by atoms with Crippen molar-refractivity contribution in [3.05, 3.63) is 23.8 Å². The standard InChI is InChI=1S/C19H30N2O3/c1-14(2)9-11-24-17-8-7-15(12-18(17)23-3)13-21-19(22)16-6-4-5-10-20-16/h7-8,12,14,16,20H,4-6,9-11,13H2,1-3H3,(H,21,22). The second-order valence-corrected chi connectivity index (χ2v) is 6.74. The van der Waals surface area contributed by atoms with E-state index in [1.54, 1.807) is 7.11 Å². The third kappa shape index (κ3) is 5.71. The zero-order valence-electron chi connectivity index (χ0n) is 15.1. The van der Waals surface area contributed by atoms with Crippen molar-refractivity contribution >= 4 is 5.91 Å². The molecule has 1 saturated heterocycles. The summed E-state index contributed by atoms with van der Waals surface area (Å²) in [4.78, 5) is 12.2. The summed E-state index contributed by atoms with van der Waals surface area (Å²) in [7, 11) is 1.64. The largest absolute Gasteiger partial charge is 0.493 e. The molecule has 0 spiro atoms. The number of nitrogens with one attached hydrogen (secondary N) is 2. The summed E-state index contributed by atoms with van der Waals surface area (Å²) >= 11 is 0. The molecule has 1 aliphatic rings. The molecule has 5 heteroatoms. The maximum absolute atomic E-state index is 12.2. The first kappa shape index (κ1) is 18.6. The number of hydrogen-bond acceptors (Lipinski definition) is 4. The van der Waals surface area contributed by atoms with E-state index in [0.717, 1.165) is 43.5 Å². The summed E-state index contributed by atoms with van der Waals surface area (Å²) in [6.45, 7) is 6.45. The molecule has 0 bridgehead atoms. The fourth-order valence-corrected chi connectivity index (χ4v) is 2.73. The van der Waals surface area contributed by atoms with E-state index in [-0.39, 0.29) is 11.9 Å². The van der Waals surface area contributed by atoms with Crippen LogP contribution >= 0.6 is 0 Å². The highest BCUT2D eigenvalue weighted by molar-refractivity contribution is 5.81. The van der Waals surface area contributed by atoms with Crippen molar-refractivity contribution in [1.29, 1.82) is 0 Å². The average Bonchev–Trinajstić information content (AvgIpc) is 2.60. The highest BCUT2D eigenvalue weighted by Crippen LogP contribution is 2.28. The minimum absolute atomic E-state index is 0.0562. The van der Waals surface area contributed by atoms with Crippen molar-refractivity contribution in [2.75, 3.05) is 20.3 Å². The molecule has 0 aromatic heterocycles. The van der Waals surface area contributed by atoms with Gasteiger partial charge in [0.25, 0.3) is 0 Å². The van der Waals surface area contributed by atoms with Crippen LogP contribution in [0.5, 0.6) is 11.5 Å². The van der Waals surface area contributed by atoms with Crippen LogP contribution in [0, 0.1) is 5.92 Å². The molecule has 1 heterocycles. The number of carbonyl (C=O) groups excluding carboxylic acids is 1. The third-order valence-corrected chi connectivity index (χ3v) is 4.27. The highest BCUT2D eigenvalue weighted by atomic mass is 16.5. The third-order valence-electron chi connectivity index (χ3n) is 4.27. The van der Waals surface area contributed by atoms with Crippen molar-refractivity contribution in [3.8, 4) is 11.5 Å². The van der Waals surface area contributed by atoms with E-state index in [1.165, 1.54) is 0 Å². The minimum Gasteiger partial charge on any atom is -0.493 e. The molecule has 1 aromatic carbocycles. The van der Waals surface area contributed by atoms with Gasteiger partial charge in [-0.3, -0.25) is 4.79 Å². The Labute approximate surface area is 145 Å². The predicted molar refractivity (Wildman–Crippen MR) is 95.4 cm³/mol. The van der Waals surface area contributed by atoms with Gasteiger partial charge in [0.15, 0.2) is 11.5 Å². The first-order valence-electron chi connectivity index (χ1n) is 8.91. The molecule has 134 valence electrons. The topological polar surface area (TPSA) is 59.6 Å². The van der Waals surface area contributed by atoms with Crippen molar-refractivity contribution in [1.82, 2.24) is 10.6 Å². The molecule has 1 aliphatic heterocycles. The zero-order valence-corrected chi connectivity index (χ0v) is 15.1. The Bertz CT molecular complexity index is 525. The molecule has 0 radical (unpaired) electrons. The van der Waals surface area contributed by atoms with E-state index in [4.69, 9.17) is 9.47 Å². The number of rotatable bonds is 8. The molecule has 0 saturated carbocycles. The first-order chi connectivity index (χ1) is 11.6. The molecule has 24 heavy (non-hydrogen) atoms. The van der Waals surface area contributed by atoms with Crippen molar-refractivity contribution < 1.29 is 14.3 Å². The van der Waals surface area contributed by atoms with Gasteiger partial charge in [0.05, 0.1) is 19.8 Å². The number of piperidine rings is 1. The van der Waals surface area contributed by atoms with Gasteiger partial charge in [-0.2, -0.15) is 0 Å². The van der Waals surface area contributed by atoms with Crippen molar-refractivity contribution in [3.63, 3.8) is 0 Å². The molecule has 1 aromatic rings. The lowest BCUT2D eigenvalue weighted by Gasteiger charge is -2.22. The average molecular weight is 334 g/mol. The predicted octanol–water partition coefficient (Wildman–Crippen LogP) is 2.88. The van der Waals surface area contributed by atoms with Crippen LogP contribution in [0.15, 0.2) is 18.2 Å². The van der Waals surface area contributed by atoms with E-state index in [9.17, 15) is 4.79 Å². The molecule has 1 fully saturated rings. The van der Waals surface area contributed by atoms with E-state index >= 15 is 0 Å². The molecular formula is C19H30N2O3. The van der Waals surface area contributed by atoms with Gasteiger partial charge in [0.1, 0.15) is 0 Å². The smallest absolute Gasteiger partial charge is 0.237 e. The van der Waals surface area contributed by atoms with Gasteiger partial charge >= 0.3 is 0 Å². The summed E-state index contributed by atoms with van der Waals surface area (Å²) in [5.74, 6) is 2.15. The van der Waals surface area contributed by atoms with Crippen LogP contribution in [-0.2, 0) is 11.3 Å². The second-order valence-electron chi connectivity index (χ2n) is 6.74. The number of amides is 1. The van der Waals surface area contributed by atoms with E-state index in [0.29, 0.717) is 24.8 Å². The van der Waals surface area contributed by atoms with Crippen molar-refractivity contribution in [2.45, 2.75) is 52.1 Å². The fraction of sp³-hybridized carbons (Fsp3) is 0.632. The lowest BCUT2D eigenvalue weighted by Crippen LogP contribution is -2.46. The van der Waals surface area contributed by atoms with Gasteiger partial charge < -0.3 is 20.1 Å². The van der Waals surface area contributed by atoms with Crippen LogP contribution in [0.4, 0.5) is 0 Å². The van der Waals surface area contributed by atoms with E-state index < -0.39 is 0 Å². The summed E-state index contributed by atoms with van der Waals surface area (Å²) in [5, 5.41) is 6.26. The molecule has 0 aliphatic carbocycles. The molecular weight excluding hydrogens is 304 g/mol. The monoisotopic (exact) mass is 334 g/mol. The quantitative estimate of drug-likeness (QED) is 0.767. The lowest BCUT2D eigenvalue weighted by molar-refractivity contribution is -0.123. The van der Waals surface area contributed by atoms with Crippen molar-refractivity contribution in [2.24, 2.45) is 5.92 Å². The molecule has 5 nitrogen and oxygen atoms in total. The Morgan fingerprint density at radius 2 is 2.17 bits per heavy atom. The normalized spacial score (nSPS) is 17.6. The van der Waals surface area contributed by atoms with E-state index in [1.807, 2.05) is 18.2 Å². The van der Waals surface area contributed by atoms with Crippen LogP contribution in [0.2, 0.25) is 0 Å². The maximum Gasteiger partial charge on any atom is 0.237 e. The van der Waals surface area contributed by atoms with E-state index in [2.05, 4.69) is 24.5 Å². The second kappa shape index (κ2) is 9.52. The van der Waals surface area contributed by atoms with Crippen LogP contribution in [0.1, 0.15) is 45.1 Å². The Hall–Kier alpha value is -1.75. The van der Waals surface area contributed by atoms with Gasteiger partial charge in [0.2, 0.25) is 5.91 Å². The number of hydrogen-bond donors (Lipinski definition) is 2. The van der Waals surface area contributed by atoms with Crippen LogP contribution < -0.4 is 20.1 Å². The van der Waals surface area contributed by atoms with Gasteiger partial charge in [0, 0.05) is 6.54 Å². The molecule has 1 unspecified atom stereocenters. The summed E-state index contributed by atoms with van der Waals surface area (Å²) in [5.41, 5.74) is 1.01. The van der Waals surface area contributed by atoms with Gasteiger partial charge in [-0.1, -0.05) is 26.3 Å². The molecule has 2 N–H and O–H groups in total. The summed E-state index contributed by atoms with van der Waals surface area (Å²) < 4.78 is 11.2. The maximum atomic E-state index is 12.2. The van der Waals surface area contributed by atoms with Crippen LogP contribution in [0.3, 0.4) is 0 Å². The van der Waals surface area contributed by atoms with Crippen LogP contribution in [0.25, 0.3) is 0 Å². The first-order valence-corrected chi connectivity index (χ1v) is 8.91. The number of methoxy groups -OCH3 is 1. The number of benzene rings is 1. The Morgan fingerprint density at radius 1 is 1.33 bits per heavy atom. The Morgan fingerprint density at radius 3 is 2.83 bits per heavy atom. The number of carbonyl (C=O) groups is 1. The number of ether oxygens (including phenoxy) is 2. The van der Waals surface area contributed by atoms with Gasteiger partial charge in [-0.15, -0.1) is 0 Å². The van der Waals surface area contributed by atoms with Gasteiger partial charge in [-0.05, 0) is 49.4 Å². The lowest BCUT2D eigenvalue weighted by atomic mass is 10.0. The molecule has 1 amide bonds. The SMILES string of the molecule is COc1cc(CNC(=O)C2CCCCN2)ccc1OCCC(C)C. The fourth-order valence-electron chi connectivity index (χ4n) is 2.73. The van der Waals surface area contributed by atoms with Gasteiger partial charge in [-0.25, -0.2) is 0 Å². The summed E-state index contributed by atoms with van der Waals surface area (Å²) in [6, 6.07) is 5.76. The zero-order chi connectivity index (χ0) is 17.4.